The fraction of sp³-hybridized carbons (Fsp3) is 1.00. The standard InChI is InChI=1S/C13H27BO4/c1-7-15-11(16-8-2)9-10-14-17-12(3,4)13(5,6)18-14/h11H,7-10H2,1-6H3. The van der Waals surface area contributed by atoms with Gasteiger partial charge in [0.15, 0.2) is 6.29 Å². The highest BCUT2D eigenvalue weighted by Gasteiger charge is 2.50. The summed E-state index contributed by atoms with van der Waals surface area (Å²) in [7, 11) is -0.168. The number of hydrogen-bond donors (Lipinski definition) is 0. The van der Waals surface area contributed by atoms with E-state index in [9.17, 15) is 0 Å². The van der Waals surface area contributed by atoms with E-state index in [1.54, 1.807) is 0 Å². The second kappa shape index (κ2) is 6.37. The van der Waals surface area contributed by atoms with Gasteiger partial charge in [0.05, 0.1) is 11.2 Å². The molecule has 0 aromatic carbocycles. The lowest BCUT2D eigenvalue weighted by Crippen LogP contribution is -2.41. The number of rotatable bonds is 7. The van der Waals surface area contributed by atoms with Gasteiger partial charge in [-0.1, -0.05) is 0 Å². The molecular weight excluding hydrogens is 231 g/mol. The summed E-state index contributed by atoms with van der Waals surface area (Å²) in [4.78, 5) is 0. The molecule has 0 N–H and O–H groups in total. The SMILES string of the molecule is CCOC(CCB1OC(C)(C)C(C)(C)O1)OCC. The van der Waals surface area contributed by atoms with Crippen LogP contribution in [0.3, 0.4) is 0 Å². The molecule has 5 heteroatoms. The van der Waals surface area contributed by atoms with E-state index in [0.29, 0.717) is 13.2 Å². The Morgan fingerprint density at radius 2 is 1.39 bits per heavy atom. The molecule has 1 fully saturated rings. The van der Waals surface area contributed by atoms with Crippen molar-refractivity contribution in [1.82, 2.24) is 0 Å². The average molecular weight is 258 g/mol. The Morgan fingerprint density at radius 3 is 1.78 bits per heavy atom. The third kappa shape index (κ3) is 3.95. The van der Waals surface area contributed by atoms with Crippen LogP contribution in [0.2, 0.25) is 6.32 Å². The molecule has 1 rings (SSSR count). The summed E-state index contributed by atoms with van der Waals surface area (Å²) in [6, 6.07) is 0. The van der Waals surface area contributed by atoms with Crippen LogP contribution in [0.15, 0.2) is 0 Å². The summed E-state index contributed by atoms with van der Waals surface area (Å²) in [6.45, 7) is 13.5. The molecule has 4 nitrogen and oxygen atoms in total. The molecule has 0 aromatic heterocycles. The first-order valence-electron chi connectivity index (χ1n) is 6.91. The van der Waals surface area contributed by atoms with Crippen LogP contribution >= 0.6 is 0 Å². The van der Waals surface area contributed by atoms with Gasteiger partial charge in [0.25, 0.3) is 0 Å². The lowest BCUT2D eigenvalue weighted by molar-refractivity contribution is -0.137. The Morgan fingerprint density at radius 1 is 0.944 bits per heavy atom. The smallest absolute Gasteiger partial charge is 0.403 e. The van der Waals surface area contributed by atoms with Crippen LogP contribution in [0.4, 0.5) is 0 Å². The summed E-state index contributed by atoms with van der Waals surface area (Å²) in [5, 5.41) is 0. The summed E-state index contributed by atoms with van der Waals surface area (Å²) in [5.74, 6) is 0. The second-order valence-corrected chi connectivity index (χ2v) is 5.60. The third-order valence-corrected chi connectivity index (χ3v) is 3.65. The van der Waals surface area contributed by atoms with Crippen molar-refractivity contribution in [2.24, 2.45) is 0 Å². The van der Waals surface area contributed by atoms with Crippen molar-refractivity contribution in [3.63, 3.8) is 0 Å². The van der Waals surface area contributed by atoms with Crippen molar-refractivity contribution >= 4 is 7.12 Å². The molecule has 1 aliphatic rings. The Labute approximate surface area is 111 Å². The van der Waals surface area contributed by atoms with Crippen molar-refractivity contribution in [2.75, 3.05) is 13.2 Å². The minimum atomic E-state index is -0.260. The summed E-state index contributed by atoms with van der Waals surface area (Å²) in [6.07, 6.45) is 1.43. The molecule has 0 saturated carbocycles. The predicted molar refractivity (Wildman–Crippen MR) is 72.5 cm³/mol. The van der Waals surface area contributed by atoms with Gasteiger partial charge in [-0.15, -0.1) is 0 Å². The van der Waals surface area contributed by atoms with Crippen LogP contribution in [0.1, 0.15) is 48.0 Å². The molecule has 0 unspecified atom stereocenters. The van der Waals surface area contributed by atoms with E-state index in [2.05, 4.69) is 27.7 Å². The Hall–Kier alpha value is -0.0951. The summed E-state index contributed by atoms with van der Waals surface area (Å²) >= 11 is 0. The van der Waals surface area contributed by atoms with Gasteiger partial charge in [0.1, 0.15) is 0 Å². The van der Waals surface area contributed by atoms with Gasteiger partial charge in [-0.25, -0.2) is 0 Å². The Bertz CT molecular complexity index is 233. The molecular formula is C13H27BO4. The van der Waals surface area contributed by atoms with Crippen LogP contribution in [-0.2, 0) is 18.8 Å². The molecule has 1 aliphatic heterocycles. The predicted octanol–water partition coefficient (Wildman–Crippen LogP) is 2.87. The largest absolute Gasteiger partial charge is 0.458 e. The maximum absolute atomic E-state index is 5.94. The first-order valence-corrected chi connectivity index (χ1v) is 6.91. The highest BCUT2D eigenvalue weighted by Crippen LogP contribution is 2.38. The Kier molecular flexibility index (Phi) is 5.65. The molecule has 0 spiro atoms. The Balaban J connectivity index is 2.40. The zero-order valence-electron chi connectivity index (χ0n) is 12.6. The first kappa shape index (κ1) is 16.0. The number of hydrogen-bond acceptors (Lipinski definition) is 4. The first-order chi connectivity index (χ1) is 8.32. The molecule has 0 amide bonds. The monoisotopic (exact) mass is 258 g/mol. The minimum absolute atomic E-state index is 0.154. The van der Waals surface area contributed by atoms with E-state index < -0.39 is 0 Å². The molecule has 106 valence electrons. The maximum Gasteiger partial charge on any atom is 0.458 e. The van der Waals surface area contributed by atoms with Gasteiger partial charge in [-0.05, 0) is 54.3 Å². The fourth-order valence-corrected chi connectivity index (χ4v) is 1.94. The van der Waals surface area contributed by atoms with E-state index >= 15 is 0 Å². The average Bonchev–Trinajstić information content (AvgIpc) is 2.45. The second-order valence-electron chi connectivity index (χ2n) is 5.60. The third-order valence-electron chi connectivity index (χ3n) is 3.65. The van der Waals surface area contributed by atoms with Crippen molar-refractivity contribution in [3.05, 3.63) is 0 Å². The van der Waals surface area contributed by atoms with Crippen LogP contribution in [0.5, 0.6) is 0 Å². The maximum atomic E-state index is 5.94. The van der Waals surface area contributed by atoms with Crippen molar-refractivity contribution in [2.45, 2.75) is 71.8 Å². The van der Waals surface area contributed by atoms with Crippen LogP contribution in [-0.4, -0.2) is 37.8 Å². The molecule has 1 heterocycles. The zero-order valence-corrected chi connectivity index (χ0v) is 12.6. The molecule has 0 aliphatic carbocycles. The number of ether oxygens (including phenoxy) is 2. The van der Waals surface area contributed by atoms with Crippen LogP contribution < -0.4 is 0 Å². The normalized spacial score (nSPS) is 21.8. The van der Waals surface area contributed by atoms with E-state index in [1.807, 2.05) is 13.8 Å². The van der Waals surface area contributed by atoms with Gasteiger partial charge in [-0.3, -0.25) is 0 Å². The highest BCUT2D eigenvalue weighted by atomic mass is 16.7. The van der Waals surface area contributed by atoms with Crippen LogP contribution in [0, 0.1) is 0 Å². The van der Waals surface area contributed by atoms with Crippen molar-refractivity contribution < 1.29 is 18.8 Å². The van der Waals surface area contributed by atoms with Gasteiger partial charge in [-0.2, -0.15) is 0 Å². The van der Waals surface area contributed by atoms with Crippen LogP contribution in [0.25, 0.3) is 0 Å². The fourth-order valence-electron chi connectivity index (χ4n) is 1.94. The highest BCUT2D eigenvalue weighted by molar-refractivity contribution is 6.45. The van der Waals surface area contributed by atoms with E-state index in [0.717, 1.165) is 12.7 Å². The molecule has 0 aromatic rings. The zero-order chi connectivity index (χ0) is 13.8. The van der Waals surface area contributed by atoms with E-state index in [1.165, 1.54) is 0 Å². The summed E-state index contributed by atoms with van der Waals surface area (Å²) in [5.41, 5.74) is -0.519. The van der Waals surface area contributed by atoms with E-state index in [4.69, 9.17) is 18.8 Å². The molecule has 1 saturated heterocycles. The van der Waals surface area contributed by atoms with Gasteiger partial charge in [0, 0.05) is 13.2 Å². The molecule has 0 atom stereocenters. The topological polar surface area (TPSA) is 36.9 Å². The lowest BCUT2D eigenvalue weighted by Gasteiger charge is -2.32. The quantitative estimate of drug-likeness (QED) is 0.519. The molecule has 0 radical (unpaired) electrons. The van der Waals surface area contributed by atoms with Crippen molar-refractivity contribution in [3.8, 4) is 0 Å². The van der Waals surface area contributed by atoms with Crippen molar-refractivity contribution in [1.29, 1.82) is 0 Å². The minimum Gasteiger partial charge on any atom is -0.403 e. The van der Waals surface area contributed by atoms with Gasteiger partial charge in [0.2, 0.25) is 0 Å². The summed E-state index contributed by atoms with van der Waals surface area (Å²) < 4.78 is 22.9. The lowest BCUT2D eigenvalue weighted by atomic mass is 9.83. The molecule has 0 bridgehead atoms. The van der Waals surface area contributed by atoms with Gasteiger partial charge >= 0.3 is 7.12 Å². The van der Waals surface area contributed by atoms with E-state index in [-0.39, 0.29) is 24.6 Å². The molecule has 18 heavy (non-hydrogen) atoms. The van der Waals surface area contributed by atoms with Gasteiger partial charge < -0.3 is 18.8 Å².